The highest BCUT2D eigenvalue weighted by atomic mass is 19.4. The molecule has 0 saturated heterocycles. The number of anilines is 2. The third-order valence-corrected chi connectivity index (χ3v) is 4.38. The van der Waals surface area contributed by atoms with Gasteiger partial charge in [-0.1, -0.05) is 12.1 Å². The van der Waals surface area contributed by atoms with Gasteiger partial charge in [-0.3, -0.25) is 9.59 Å². The largest absolute Gasteiger partial charge is 0.416 e. The van der Waals surface area contributed by atoms with Crippen LogP contribution in [0.3, 0.4) is 0 Å². The average molecular weight is 446 g/mol. The predicted molar refractivity (Wildman–Crippen MR) is 111 cm³/mol. The van der Waals surface area contributed by atoms with E-state index >= 15 is 0 Å². The van der Waals surface area contributed by atoms with E-state index < -0.39 is 11.7 Å². The van der Waals surface area contributed by atoms with Crippen molar-refractivity contribution in [1.29, 1.82) is 0 Å². The summed E-state index contributed by atoms with van der Waals surface area (Å²) in [6, 6.07) is 11.8. The topological polar surface area (TPSA) is 102 Å². The Labute approximate surface area is 181 Å². The number of rotatable bonds is 9. The minimum absolute atomic E-state index is 0.144. The van der Waals surface area contributed by atoms with Crippen LogP contribution in [-0.2, 0) is 22.3 Å². The number of halogens is 3. The van der Waals surface area contributed by atoms with Gasteiger partial charge in [-0.15, -0.1) is 10.2 Å². The molecule has 1 heterocycles. The number of hydrogen-bond acceptors (Lipinski definition) is 6. The average Bonchev–Trinajstić information content (AvgIpc) is 3.20. The molecule has 0 unspecified atom stereocenters. The molecular formula is C21H21F3N6O2. The number of amides is 1. The lowest BCUT2D eigenvalue weighted by molar-refractivity contribution is -0.137. The molecule has 0 aliphatic heterocycles. The second-order valence-corrected chi connectivity index (χ2v) is 7.04. The van der Waals surface area contributed by atoms with Crippen molar-refractivity contribution in [3.8, 4) is 11.4 Å². The van der Waals surface area contributed by atoms with Crippen LogP contribution in [0.15, 0.2) is 48.5 Å². The van der Waals surface area contributed by atoms with Crippen molar-refractivity contribution < 1.29 is 22.8 Å². The van der Waals surface area contributed by atoms with Crippen molar-refractivity contribution in [2.45, 2.75) is 32.5 Å². The monoisotopic (exact) mass is 446 g/mol. The smallest absolute Gasteiger partial charge is 0.356 e. The SMILES string of the molecule is CC(=O)CC(=O)NCCCn1nnc(-c2ccccc2Nc2ccc(C(F)(F)F)cc2)n1. The summed E-state index contributed by atoms with van der Waals surface area (Å²) in [6.45, 7) is 2.13. The number of ketones is 1. The van der Waals surface area contributed by atoms with Crippen LogP contribution in [0.4, 0.5) is 24.5 Å². The zero-order valence-corrected chi connectivity index (χ0v) is 17.2. The van der Waals surface area contributed by atoms with Crippen LogP contribution in [0.1, 0.15) is 25.3 Å². The van der Waals surface area contributed by atoms with Gasteiger partial charge in [0.2, 0.25) is 11.7 Å². The Balaban J connectivity index is 1.63. The normalized spacial score (nSPS) is 11.2. The summed E-state index contributed by atoms with van der Waals surface area (Å²) >= 11 is 0. The van der Waals surface area contributed by atoms with Gasteiger partial charge in [-0.05, 0) is 55.0 Å². The molecule has 0 bridgehead atoms. The van der Waals surface area contributed by atoms with E-state index in [2.05, 4.69) is 26.0 Å². The molecule has 11 heteroatoms. The highest BCUT2D eigenvalue weighted by molar-refractivity contribution is 5.96. The molecule has 168 valence electrons. The molecule has 0 saturated carbocycles. The molecule has 0 aliphatic carbocycles. The number of Topliss-reactive ketones (excluding diaryl/α,β-unsaturated/α-hetero) is 1. The van der Waals surface area contributed by atoms with Crippen molar-refractivity contribution in [2.75, 3.05) is 11.9 Å². The Morgan fingerprint density at radius 3 is 2.47 bits per heavy atom. The number of hydrogen-bond donors (Lipinski definition) is 2. The van der Waals surface area contributed by atoms with Crippen LogP contribution < -0.4 is 10.6 Å². The number of aromatic nitrogens is 4. The molecule has 3 rings (SSSR count). The summed E-state index contributed by atoms with van der Waals surface area (Å²) in [5.41, 5.74) is 1.01. The molecule has 0 atom stereocenters. The summed E-state index contributed by atoms with van der Waals surface area (Å²) in [7, 11) is 0. The summed E-state index contributed by atoms with van der Waals surface area (Å²) < 4.78 is 38.3. The Bertz CT molecular complexity index is 1080. The van der Waals surface area contributed by atoms with E-state index in [0.717, 1.165) is 12.1 Å². The highest BCUT2D eigenvalue weighted by Crippen LogP contribution is 2.32. The molecule has 2 aromatic carbocycles. The lowest BCUT2D eigenvalue weighted by Crippen LogP contribution is -2.26. The maximum absolute atomic E-state index is 12.8. The Hall–Kier alpha value is -3.76. The third kappa shape index (κ3) is 6.37. The van der Waals surface area contributed by atoms with Gasteiger partial charge < -0.3 is 10.6 Å². The maximum Gasteiger partial charge on any atom is 0.416 e. The molecule has 3 aromatic rings. The van der Waals surface area contributed by atoms with Crippen molar-refractivity contribution in [3.05, 3.63) is 54.1 Å². The fourth-order valence-corrected chi connectivity index (χ4v) is 2.87. The van der Waals surface area contributed by atoms with Crippen LogP contribution in [0.25, 0.3) is 11.4 Å². The van der Waals surface area contributed by atoms with E-state index in [4.69, 9.17) is 0 Å². The van der Waals surface area contributed by atoms with Gasteiger partial charge in [0, 0.05) is 23.5 Å². The first-order chi connectivity index (χ1) is 15.2. The molecule has 0 aliphatic rings. The minimum Gasteiger partial charge on any atom is -0.356 e. The summed E-state index contributed by atoms with van der Waals surface area (Å²) in [6.07, 6.45) is -3.99. The zero-order chi connectivity index (χ0) is 23.1. The number of para-hydroxylation sites is 1. The fraction of sp³-hybridized carbons (Fsp3) is 0.286. The zero-order valence-electron chi connectivity index (χ0n) is 17.2. The standard InChI is InChI=1S/C21H21F3N6O2/c1-14(31)13-19(32)25-11-4-12-30-28-20(27-29-30)17-5-2-3-6-18(17)26-16-9-7-15(8-10-16)21(22,23)24/h2-3,5-10,26H,4,11-13H2,1H3,(H,25,32). The second-order valence-electron chi connectivity index (χ2n) is 7.04. The molecule has 8 nitrogen and oxygen atoms in total. The van der Waals surface area contributed by atoms with Crippen LogP contribution in [0, 0.1) is 0 Å². The van der Waals surface area contributed by atoms with Crippen LogP contribution in [0.5, 0.6) is 0 Å². The molecule has 1 aromatic heterocycles. The van der Waals surface area contributed by atoms with E-state index in [9.17, 15) is 22.8 Å². The van der Waals surface area contributed by atoms with E-state index in [-0.39, 0.29) is 18.1 Å². The number of benzene rings is 2. The molecule has 0 spiro atoms. The lowest BCUT2D eigenvalue weighted by Gasteiger charge is -2.11. The summed E-state index contributed by atoms with van der Waals surface area (Å²) in [4.78, 5) is 23.8. The van der Waals surface area contributed by atoms with Gasteiger partial charge in [0.05, 0.1) is 18.5 Å². The molecule has 0 fully saturated rings. The number of nitrogens with one attached hydrogen (secondary N) is 2. The highest BCUT2D eigenvalue weighted by Gasteiger charge is 2.29. The predicted octanol–water partition coefficient (Wildman–Crippen LogP) is 3.59. The van der Waals surface area contributed by atoms with E-state index in [1.807, 2.05) is 0 Å². The quantitative estimate of drug-likeness (QED) is 0.385. The van der Waals surface area contributed by atoms with Crippen LogP contribution in [-0.4, -0.2) is 38.4 Å². The first kappa shape index (κ1) is 22.9. The fourth-order valence-electron chi connectivity index (χ4n) is 2.87. The summed E-state index contributed by atoms with van der Waals surface area (Å²) in [5, 5.41) is 18.1. The van der Waals surface area contributed by atoms with Crippen molar-refractivity contribution in [3.63, 3.8) is 0 Å². The van der Waals surface area contributed by atoms with Crippen molar-refractivity contribution >= 4 is 23.1 Å². The molecule has 32 heavy (non-hydrogen) atoms. The third-order valence-electron chi connectivity index (χ3n) is 4.38. The van der Waals surface area contributed by atoms with Gasteiger partial charge in [-0.2, -0.15) is 18.0 Å². The van der Waals surface area contributed by atoms with Crippen LogP contribution >= 0.6 is 0 Å². The second kappa shape index (κ2) is 10.0. The molecule has 0 radical (unpaired) electrons. The van der Waals surface area contributed by atoms with Gasteiger partial charge in [0.15, 0.2) is 0 Å². The number of carbonyl (C=O) groups excluding carboxylic acids is 2. The van der Waals surface area contributed by atoms with Crippen molar-refractivity contribution in [1.82, 2.24) is 25.5 Å². The van der Waals surface area contributed by atoms with Gasteiger partial charge >= 0.3 is 6.18 Å². The maximum atomic E-state index is 12.8. The van der Waals surface area contributed by atoms with Crippen molar-refractivity contribution in [2.24, 2.45) is 0 Å². The Morgan fingerprint density at radius 2 is 1.78 bits per heavy atom. The van der Waals surface area contributed by atoms with E-state index in [1.54, 1.807) is 24.3 Å². The number of nitrogens with zero attached hydrogens (tertiary/aromatic N) is 4. The van der Waals surface area contributed by atoms with Gasteiger partial charge in [0.25, 0.3) is 0 Å². The first-order valence-electron chi connectivity index (χ1n) is 9.80. The van der Waals surface area contributed by atoms with E-state index in [1.165, 1.54) is 23.9 Å². The van der Waals surface area contributed by atoms with Gasteiger partial charge in [0.1, 0.15) is 5.78 Å². The number of tetrazole rings is 1. The first-order valence-corrected chi connectivity index (χ1v) is 9.80. The Morgan fingerprint density at radius 1 is 1.06 bits per heavy atom. The molecule has 1 amide bonds. The summed E-state index contributed by atoms with van der Waals surface area (Å²) in [5.74, 6) is -0.178. The molecular weight excluding hydrogens is 425 g/mol. The van der Waals surface area contributed by atoms with E-state index in [0.29, 0.717) is 42.3 Å². The minimum atomic E-state index is -4.39. The number of aryl methyl sites for hydroxylation is 1. The van der Waals surface area contributed by atoms with Crippen LogP contribution in [0.2, 0.25) is 0 Å². The molecule has 2 N–H and O–H groups in total. The number of carbonyl (C=O) groups is 2. The number of alkyl halides is 3. The van der Waals surface area contributed by atoms with Gasteiger partial charge in [-0.25, -0.2) is 0 Å². The lowest BCUT2D eigenvalue weighted by atomic mass is 10.1. The Kier molecular flexibility index (Phi) is 7.18.